The van der Waals surface area contributed by atoms with Crippen LogP contribution in [0.25, 0.3) is 5.57 Å². The van der Waals surface area contributed by atoms with Crippen molar-refractivity contribution in [2.24, 2.45) is 0 Å². The second kappa shape index (κ2) is 12.3. The molecule has 40 heavy (non-hydrogen) atoms. The van der Waals surface area contributed by atoms with E-state index in [1.54, 1.807) is 6.07 Å². The highest BCUT2D eigenvalue weighted by molar-refractivity contribution is 8.00. The van der Waals surface area contributed by atoms with Crippen molar-refractivity contribution in [2.45, 2.75) is 36.1 Å². The van der Waals surface area contributed by atoms with E-state index < -0.39 is 29.0 Å². The number of alkyl halides is 3. The lowest BCUT2D eigenvalue weighted by atomic mass is 9.92. The van der Waals surface area contributed by atoms with Crippen molar-refractivity contribution in [3.05, 3.63) is 106 Å². The molecule has 0 unspecified atom stereocenters. The summed E-state index contributed by atoms with van der Waals surface area (Å²) in [6.07, 6.45) is 3.64. The minimum absolute atomic E-state index is 0.00842. The average molecular weight is 568 g/mol. The predicted molar refractivity (Wildman–Crippen MR) is 144 cm³/mol. The molecular formula is C30H24F3NO5S. The Kier molecular flexibility index (Phi) is 8.89. The lowest BCUT2D eigenvalue weighted by Crippen LogP contribution is -2.26. The molecule has 0 aromatic heterocycles. The molecule has 6 nitrogen and oxygen atoms in total. The first-order chi connectivity index (χ1) is 19.0. The molecule has 0 saturated carbocycles. The highest BCUT2D eigenvalue weighted by Gasteiger charge is 2.29. The number of hydrogen-bond donors (Lipinski definition) is 2. The number of benzene rings is 3. The molecule has 0 heterocycles. The van der Waals surface area contributed by atoms with Crippen molar-refractivity contribution < 1.29 is 37.5 Å². The summed E-state index contributed by atoms with van der Waals surface area (Å²) in [7, 11) is 0. The summed E-state index contributed by atoms with van der Waals surface area (Å²) in [6, 6.07) is 16.4. The smallest absolute Gasteiger partial charge is 0.446 e. The molecule has 3 aromatic carbocycles. The minimum atomic E-state index is -4.51. The number of carboxylic acid groups (broad SMARTS) is 1. The Hall–Kier alpha value is -4.18. The minimum Gasteiger partial charge on any atom is -0.481 e. The molecule has 3 aromatic rings. The number of aryl methyl sites for hydroxylation is 2. The number of Topliss-reactive ketones (excluding diaryl/α,β-unsaturated/α-hetero) is 1. The molecule has 10 heteroatoms. The molecule has 206 valence electrons. The van der Waals surface area contributed by atoms with Gasteiger partial charge in [0.1, 0.15) is 0 Å². The molecule has 1 aliphatic rings. The molecule has 0 spiro atoms. The fourth-order valence-electron chi connectivity index (χ4n) is 4.39. The van der Waals surface area contributed by atoms with Gasteiger partial charge in [-0.25, -0.2) is 0 Å². The van der Waals surface area contributed by atoms with Crippen molar-refractivity contribution in [3.63, 3.8) is 0 Å². The van der Waals surface area contributed by atoms with Gasteiger partial charge in [-0.15, -0.1) is 0 Å². The van der Waals surface area contributed by atoms with Crippen molar-refractivity contribution in [1.82, 2.24) is 5.32 Å². The number of carbonyl (C=O) groups is 4. The van der Waals surface area contributed by atoms with Gasteiger partial charge in [-0.3, -0.25) is 19.2 Å². The first-order valence-corrected chi connectivity index (χ1v) is 13.2. The SMILES string of the molecule is O=C(O)CCNC(=O)c1ccc(C(=O)/C(=C\C(=O)c2cccc(SC(F)(F)F)c2)c2ccc3c(c2)CCC3)cc1. The van der Waals surface area contributed by atoms with Gasteiger partial charge in [0.05, 0.1) is 6.42 Å². The van der Waals surface area contributed by atoms with Gasteiger partial charge in [0.15, 0.2) is 11.6 Å². The van der Waals surface area contributed by atoms with Crippen molar-refractivity contribution in [1.29, 1.82) is 0 Å². The van der Waals surface area contributed by atoms with Crippen LogP contribution in [0.15, 0.2) is 77.7 Å². The molecule has 0 radical (unpaired) electrons. The molecule has 0 atom stereocenters. The van der Waals surface area contributed by atoms with Gasteiger partial charge in [-0.2, -0.15) is 13.2 Å². The standard InChI is InChI=1S/C30H24F3NO5S/c31-30(32,33)40-24-6-2-5-23(16-24)26(35)17-25(22-12-7-18-3-1-4-21(18)15-22)28(38)19-8-10-20(11-9-19)29(39)34-14-13-27(36)37/h2,5-12,15-17H,1,3-4,13-14H2,(H,34,39)(H,36,37)/b25-17-. The molecular weight excluding hydrogens is 543 g/mol. The Labute approximate surface area is 232 Å². The monoisotopic (exact) mass is 567 g/mol. The van der Waals surface area contributed by atoms with E-state index in [0.29, 0.717) is 5.56 Å². The van der Waals surface area contributed by atoms with Gasteiger partial charge in [0, 0.05) is 33.7 Å². The number of fused-ring (bicyclic) bond motifs is 1. The van der Waals surface area contributed by atoms with E-state index in [1.807, 2.05) is 12.1 Å². The fraction of sp³-hybridized carbons (Fsp3) is 0.200. The van der Waals surface area contributed by atoms with Crippen LogP contribution in [-0.4, -0.2) is 40.6 Å². The van der Waals surface area contributed by atoms with Gasteiger partial charge < -0.3 is 10.4 Å². The maximum Gasteiger partial charge on any atom is 0.446 e. The summed E-state index contributed by atoms with van der Waals surface area (Å²) in [6.45, 7) is -0.0507. The number of aliphatic carboxylic acids is 1. The maximum absolute atomic E-state index is 13.7. The number of amides is 1. The van der Waals surface area contributed by atoms with Gasteiger partial charge in [-0.1, -0.05) is 42.5 Å². The maximum atomic E-state index is 13.7. The second-order valence-corrected chi connectivity index (χ2v) is 10.3. The quantitative estimate of drug-likeness (QED) is 0.173. The van der Waals surface area contributed by atoms with Crippen LogP contribution in [0.5, 0.6) is 0 Å². The Balaban J connectivity index is 1.65. The highest BCUT2D eigenvalue weighted by atomic mass is 32.2. The number of nitrogens with one attached hydrogen (secondary N) is 1. The highest BCUT2D eigenvalue weighted by Crippen LogP contribution is 2.37. The molecule has 0 fully saturated rings. The van der Waals surface area contributed by atoms with Crippen molar-refractivity contribution in [2.75, 3.05) is 6.54 Å². The van der Waals surface area contributed by atoms with Gasteiger partial charge in [0.25, 0.3) is 5.91 Å². The summed E-state index contributed by atoms with van der Waals surface area (Å²) in [4.78, 5) is 49.6. The lowest BCUT2D eigenvalue weighted by molar-refractivity contribution is -0.136. The zero-order valence-corrected chi connectivity index (χ0v) is 21.9. The molecule has 0 aliphatic heterocycles. The zero-order valence-electron chi connectivity index (χ0n) is 21.1. The normalized spacial score (nSPS) is 13.0. The summed E-state index contributed by atoms with van der Waals surface area (Å²) in [5.41, 5.74) is -1.26. The van der Waals surface area contributed by atoms with Crippen LogP contribution in [0, 0.1) is 0 Å². The van der Waals surface area contributed by atoms with Crippen LogP contribution in [-0.2, 0) is 17.6 Å². The Morgan fingerprint density at radius 3 is 2.23 bits per heavy atom. The fourth-order valence-corrected chi connectivity index (χ4v) is 4.99. The summed E-state index contributed by atoms with van der Waals surface area (Å²) in [5, 5.41) is 11.2. The number of allylic oxidation sites excluding steroid dienone is 2. The van der Waals surface area contributed by atoms with Crippen molar-refractivity contribution >= 4 is 40.8 Å². The third-order valence-electron chi connectivity index (χ3n) is 6.32. The summed E-state index contributed by atoms with van der Waals surface area (Å²) >= 11 is -0.328. The van der Waals surface area contributed by atoms with Crippen LogP contribution in [0.3, 0.4) is 0 Å². The van der Waals surface area contributed by atoms with E-state index in [0.717, 1.165) is 42.5 Å². The number of rotatable bonds is 10. The van der Waals surface area contributed by atoms with Crippen molar-refractivity contribution in [3.8, 4) is 0 Å². The number of carbonyl (C=O) groups excluding carboxylic acids is 3. The third-order valence-corrected chi connectivity index (χ3v) is 7.04. The van der Waals surface area contributed by atoms with E-state index in [4.69, 9.17) is 5.11 Å². The average Bonchev–Trinajstić information content (AvgIpc) is 3.38. The molecule has 4 rings (SSSR count). The van der Waals surface area contributed by atoms with E-state index in [9.17, 15) is 32.3 Å². The van der Waals surface area contributed by atoms with Crippen LogP contribution in [0.2, 0.25) is 0 Å². The first kappa shape index (κ1) is 28.8. The Morgan fingerprint density at radius 2 is 1.52 bits per heavy atom. The second-order valence-electron chi connectivity index (χ2n) is 9.14. The van der Waals surface area contributed by atoms with E-state index >= 15 is 0 Å². The third kappa shape index (κ3) is 7.47. The Bertz CT molecular complexity index is 1500. The Morgan fingerprint density at radius 1 is 0.850 bits per heavy atom. The van der Waals surface area contributed by atoms with E-state index in [2.05, 4.69) is 5.32 Å². The molecule has 0 bridgehead atoms. The zero-order chi connectivity index (χ0) is 28.9. The predicted octanol–water partition coefficient (Wildman–Crippen LogP) is 6.14. The van der Waals surface area contributed by atoms with Crippen LogP contribution < -0.4 is 5.32 Å². The number of hydrogen-bond acceptors (Lipinski definition) is 5. The summed E-state index contributed by atoms with van der Waals surface area (Å²) in [5.74, 6) is -2.67. The molecule has 1 amide bonds. The van der Waals surface area contributed by atoms with Gasteiger partial charge >= 0.3 is 11.5 Å². The topological polar surface area (TPSA) is 101 Å². The lowest BCUT2D eigenvalue weighted by Gasteiger charge is -2.11. The van der Waals surface area contributed by atoms with E-state index in [-0.39, 0.29) is 51.9 Å². The van der Waals surface area contributed by atoms with Gasteiger partial charge in [-0.05, 0) is 78.1 Å². The number of thioether (sulfide) groups is 1. The molecule has 1 aliphatic carbocycles. The van der Waals surface area contributed by atoms with Gasteiger partial charge in [0.2, 0.25) is 0 Å². The number of carboxylic acids is 1. The number of halogens is 3. The molecule has 2 N–H and O–H groups in total. The summed E-state index contributed by atoms with van der Waals surface area (Å²) < 4.78 is 38.6. The number of ketones is 2. The van der Waals surface area contributed by atoms with Crippen LogP contribution in [0.4, 0.5) is 13.2 Å². The molecule has 0 saturated heterocycles. The van der Waals surface area contributed by atoms with E-state index in [1.165, 1.54) is 42.5 Å². The van der Waals surface area contributed by atoms with Crippen LogP contribution >= 0.6 is 11.8 Å². The first-order valence-electron chi connectivity index (χ1n) is 12.4. The van der Waals surface area contributed by atoms with Crippen LogP contribution in [0.1, 0.15) is 60.6 Å². The largest absolute Gasteiger partial charge is 0.481 e.